The van der Waals surface area contributed by atoms with Crippen LogP contribution < -0.4 is 4.74 Å². The number of benzene rings is 2. The van der Waals surface area contributed by atoms with Crippen LogP contribution in [-0.4, -0.2) is 43.7 Å². The normalized spacial score (nSPS) is 12.5. The van der Waals surface area contributed by atoms with E-state index in [9.17, 15) is 9.59 Å². The molecule has 0 bridgehead atoms. The zero-order valence-electron chi connectivity index (χ0n) is 13.0. The Morgan fingerprint density at radius 2 is 1.48 bits per heavy atom. The average molecular weight is 332 g/mol. The maximum Gasteiger partial charge on any atom is 0.198 e. The molecule has 0 aromatic heterocycles. The highest BCUT2D eigenvalue weighted by molar-refractivity contribution is 6.29. The molecule has 120 valence electrons. The summed E-state index contributed by atoms with van der Waals surface area (Å²) in [5, 5.41) is 0. The summed E-state index contributed by atoms with van der Waals surface area (Å²) in [5.41, 5.74) is 1.71. The summed E-state index contributed by atoms with van der Waals surface area (Å²) in [4.78, 5) is 27.3. The third-order valence-electron chi connectivity index (χ3n) is 3.71. The van der Waals surface area contributed by atoms with Crippen LogP contribution in [0.25, 0.3) is 0 Å². The van der Waals surface area contributed by atoms with Gasteiger partial charge in [0.05, 0.1) is 5.56 Å². The van der Waals surface area contributed by atoms with Crippen molar-refractivity contribution in [2.75, 3.05) is 27.2 Å². The number of fused-ring (bicyclic) bond motifs is 2. The Kier molecular flexibility index (Phi) is 5.19. The van der Waals surface area contributed by atoms with Crippen LogP contribution in [0.3, 0.4) is 0 Å². The molecular formula is C18H18ClNO3. The largest absolute Gasteiger partial charge is 0.491 e. The molecule has 0 spiro atoms. The van der Waals surface area contributed by atoms with Crippen LogP contribution in [0.15, 0.2) is 42.5 Å². The second-order valence-corrected chi connectivity index (χ2v) is 5.53. The van der Waals surface area contributed by atoms with Gasteiger partial charge >= 0.3 is 0 Å². The zero-order chi connectivity index (χ0) is 15.7. The number of nitrogens with zero attached hydrogens (tertiary/aromatic N) is 1. The minimum Gasteiger partial charge on any atom is -0.491 e. The Bertz CT molecular complexity index is 756. The van der Waals surface area contributed by atoms with E-state index >= 15 is 0 Å². The Balaban J connectivity index is 0.00000192. The predicted molar refractivity (Wildman–Crippen MR) is 91.0 cm³/mol. The Morgan fingerprint density at radius 1 is 0.870 bits per heavy atom. The Labute approximate surface area is 141 Å². The first kappa shape index (κ1) is 17.2. The zero-order valence-corrected chi connectivity index (χ0v) is 13.9. The van der Waals surface area contributed by atoms with Gasteiger partial charge in [-0.25, -0.2) is 0 Å². The van der Waals surface area contributed by atoms with Crippen LogP contribution in [0.1, 0.15) is 31.8 Å². The molecule has 0 radical (unpaired) electrons. The van der Waals surface area contributed by atoms with E-state index in [1.807, 2.05) is 19.0 Å². The minimum atomic E-state index is -0.148. The number of likely N-dealkylation sites (N-methyl/N-ethyl adjacent to an activating group) is 1. The maximum atomic E-state index is 12.7. The van der Waals surface area contributed by atoms with Crippen LogP contribution in [0.2, 0.25) is 0 Å². The van der Waals surface area contributed by atoms with Crippen LogP contribution in [0.4, 0.5) is 0 Å². The van der Waals surface area contributed by atoms with Gasteiger partial charge < -0.3 is 9.64 Å². The lowest BCUT2D eigenvalue weighted by atomic mass is 9.83. The second-order valence-electron chi connectivity index (χ2n) is 5.53. The molecule has 0 heterocycles. The lowest BCUT2D eigenvalue weighted by molar-refractivity contribution is 0.0975. The van der Waals surface area contributed by atoms with E-state index in [4.69, 9.17) is 4.74 Å². The van der Waals surface area contributed by atoms with Gasteiger partial charge in [-0.3, -0.25) is 9.59 Å². The smallest absolute Gasteiger partial charge is 0.198 e. The SMILES string of the molecule is CN(C)CCOc1cccc2c1C(=O)c1ccccc1C2=O.Cl. The molecule has 0 saturated carbocycles. The number of hydrogen-bond acceptors (Lipinski definition) is 4. The summed E-state index contributed by atoms with van der Waals surface area (Å²) < 4.78 is 5.73. The van der Waals surface area contributed by atoms with Crippen LogP contribution >= 0.6 is 12.4 Å². The predicted octanol–water partition coefficient (Wildman–Crippen LogP) is 2.82. The first-order valence-electron chi connectivity index (χ1n) is 7.18. The molecule has 2 aromatic carbocycles. The molecular weight excluding hydrogens is 314 g/mol. The average Bonchev–Trinajstić information content (AvgIpc) is 2.52. The summed E-state index contributed by atoms with van der Waals surface area (Å²) in [7, 11) is 3.91. The van der Waals surface area contributed by atoms with Crippen molar-refractivity contribution in [3.05, 3.63) is 64.7 Å². The molecule has 23 heavy (non-hydrogen) atoms. The van der Waals surface area contributed by atoms with Gasteiger partial charge in [-0.2, -0.15) is 0 Å². The highest BCUT2D eigenvalue weighted by Gasteiger charge is 2.31. The molecule has 3 rings (SSSR count). The van der Waals surface area contributed by atoms with E-state index in [1.54, 1.807) is 42.5 Å². The number of carbonyl (C=O) groups is 2. The summed E-state index contributed by atoms with van der Waals surface area (Å²) in [5.74, 6) is 0.209. The van der Waals surface area contributed by atoms with Crippen molar-refractivity contribution in [2.45, 2.75) is 0 Å². The molecule has 0 atom stereocenters. The number of ketones is 2. The molecule has 0 saturated heterocycles. The van der Waals surface area contributed by atoms with Gasteiger partial charge in [0.15, 0.2) is 11.6 Å². The minimum absolute atomic E-state index is 0. The van der Waals surface area contributed by atoms with Crippen LogP contribution in [-0.2, 0) is 0 Å². The van der Waals surface area contributed by atoms with E-state index in [1.165, 1.54) is 0 Å². The summed E-state index contributed by atoms with van der Waals surface area (Å²) >= 11 is 0. The number of rotatable bonds is 4. The number of halogens is 1. The number of ether oxygens (including phenoxy) is 1. The quantitative estimate of drug-likeness (QED) is 0.737. The van der Waals surface area contributed by atoms with Crippen molar-refractivity contribution in [3.8, 4) is 5.75 Å². The number of hydrogen-bond donors (Lipinski definition) is 0. The molecule has 0 amide bonds. The molecule has 5 heteroatoms. The van der Waals surface area contributed by atoms with Gasteiger partial charge in [-0.15, -0.1) is 12.4 Å². The van der Waals surface area contributed by atoms with Gasteiger partial charge in [-0.1, -0.05) is 36.4 Å². The van der Waals surface area contributed by atoms with E-state index in [0.717, 1.165) is 6.54 Å². The first-order chi connectivity index (χ1) is 10.6. The molecule has 0 fully saturated rings. The molecule has 1 aliphatic carbocycles. The summed E-state index contributed by atoms with van der Waals surface area (Å²) in [6.45, 7) is 1.20. The molecule has 0 aliphatic heterocycles. The maximum absolute atomic E-state index is 12.7. The van der Waals surface area contributed by atoms with Gasteiger partial charge in [0.2, 0.25) is 0 Å². The fourth-order valence-corrected chi connectivity index (χ4v) is 2.57. The fourth-order valence-electron chi connectivity index (χ4n) is 2.57. The van der Waals surface area contributed by atoms with Crippen molar-refractivity contribution >= 4 is 24.0 Å². The molecule has 0 N–H and O–H groups in total. The van der Waals surface area contributed by atoms with Crippen LogP contribution in [0, 0.1) is 0 Å². The van der Waals surface area contributed by atoms with Crippen molar-refractivity contribution < 1.29 is 14.3 Å². The molecule has 0 unspecified atom stereocenters. The summed E-state index contributed by atoms with van der Waals surface area (Å²) in [6, 6.07) is 12.1. The summed E-state index contributed by atoms with van der Waals surface area (Å²) in [6.07, 6.45) is 0. The standard InChI is InChI=1S/C18H17NO3.ClH/c1-19(2)10-11-22-15-9-5-8-14-16(15)18(21)13-7-4-3-6-12(13)17(14)20;/h3-9H,10-11H2,1-2H3;1H. The van der Waals surface area contributed by atoms with E-state index in [2.05, 4.69) is 0 Å². The van der Waals surface area contributed by atoms with Gasteiger partial charge in [-0.05, 0) is 20.2 Å². The first-order valence-corrected chi connectivity index (χ1v) is 7.18. The topological polar surface area (TPSA) is 46.6 Å². The lowest BCUT2D eigenvalue weighted by Crippen LogP contribution is -2.23. The van der Waals surface area contributed by atoms with Gasteiger partial charge in [0, 0.05) is 23.2 Å². The lowest BCUT2D eigenvalue weighted by Gasteiger charge is -2.20. The molecule has 2 aromatic rings. The van der Waals surface area contributed by atoms with Crippen molar-refractivity contribution in [2.24, 2.45) is 0 Å². The fraction of sp³-hybridized carbons (Fsp3) is 0.222. The third-order valence-corrected chi connectivity index (χ3v) is 3.71. The Morgan fingerprint density at radius 3 is 2.13 bits per heavy atom. The van der Waals surface area contributed by atoms with Gasteiger partial charge in [0.1, 0.15) is 12.4 Å². The second kappa shape index (κ2) is 6.94. The van der Waals surface area contributed by atoms with Crippen molar-refractivity contribution in [1.82, 2.24) is 4.90 Å². The van der Waals surface area contributed by atoms with Gasteiger partial charge in [0.25, 0.3) is 0 Å². The molecule has 1 aliphatic rings. The molecule has 4 nitrogen and oxygen atoms in total. The van der Waals surface area contributed by atoms with Crippen molar-refractivity contribution in [3.63, 3.8) is 0 Å². The highest BCUT2D eigenvalue weighted by atomic mass is 35.5. The van der Waals surface area contributed by atoms with E-state index in [-0.39, 0.29) is 24.0 Å². The van der Waals surface area contributed by atoms with E-state index in [0.29, 0.717) is 34.6 Å². The number of carbonyl (C=O) groups excluding carboxylic acids is 2. The Hall–Kier alpha value is -2.17. The highest BCUT2D eigenvalue weighted by Crippen LogP contribution is 2.33. The van der Waals surface area contributed by atoms with Crippen LogP contribution in [0.5, 0.6) is 5.75 Å². The third kappa shape index (κ3) is 3.14. The van der Waals surface area contributed by atoms with E-state index < -0.39 is 0 Å². The van der Waals surface area contributed by atoms with Crippen molar-refractivity contribution in [1.29, 1.82) is 0 Å². The monoisotopic (exact) mass is 331 g/mol.